The molecular formula is C11H12I2NO2. The molecule has 0 aliphatic carbocycles. The summed E-state index contributed by atoms with van der Waals surface area (Å²) in [4.78, 5) is 12.4. The molecule has 1 aromatic rings. The van der Waals surface area contributed by atoms with Gasteiger partial charge in [0, 0.05) is 27.6 Å². The fourth-order valence-electron chi connectivity index (χ4n) is 1.35. The molecule has 0 amide bonds. The van der Waals surface area contributed by atoms with Crippen LogP contribution in [-0.4, -0.2) is 28.4 Å². The molecule has 1 rings (SSSR count). The average Bonchev–Trinajstić information content (AvgIpc) is 2.30. The number of anilines is 1. The monoisotopic (exact) mass is 444 g/mol. The summed E-state index contributed by atoms with van der Waals surface area (Å²) in [6.45, 7) is 3.48. The molecule has 0 N–H and O–H groups in total. The van der Waals surface area contributed by atoms with Crippen molar-refractivity contribution in [2.45, 2.75) is 0 Å². The fraction of sp³-hybridized carbons (Fsp3) is 0.364. The Balaban J connectivity index is 2.72. The number of halogens is 2. The summed E-state index contributed by atoms with van der Waals surface area (Å²) in [6, 6.07) is 7.50. The minimum Gasteiger partial charge on any atom is -0.418 e. The number of hydrogen-bond donors (Lipinski definition) is 0. The predicted octanol–water partition coefficient (Wildman–Crippen LogP) is 2.81. The summed E-state index contributed by atoms with van der Waals surface area (Å²) in [6.07, 6.45) is 0. The number of alkyl halides is 2. The number of carbonyl (C=O) groups excluding carboxylic acids is 1. The summed E-state index contributed by atoms with van der Waals surface area (Å²) in [5.74, 6) is 0.530. The highest BCUT2D eigenvalue weighted by atomic mass is 127. The van der Waals surface area contributed by atoms with Gasteiger partial charge in [-0.15, -0.1) is 0 Å². The van der Waals surface area contributed by atoms with Gasteiger partial charge in [0.25, 0.3) is 0 Å². The van der Waals surface area contributed by atoms with Crippen LogP contribution in [0.2, 0.25) is 0 Å². The lowest BCUT2D eigenvalue weighted by Crippen LogP contribution is -2.27. The van der Waals surface area contributed by atoms with Gasteiger partial charge in [-0.05, 0) is 24.3 Å². The molecule has 1 radical (unpaired) electrons. The maximum atomic E-state index is 10.0. The van der Waals surface area contributed by atoms with Crippen LogP contribution in [0.5, 0.6) is 5.75 Å². The summed E-state index contributed by atoms with van der Waals surface area (Å²) in [7, 11) is 0. The van der Waals surface area contributed by atoms with Crippen LogP contribution in [0.3, 0.4) is 0 Å². The van der Waals surface area contributed by atoms with Gasteiger partial charge in [0.05, 0.1) is 0 Å². The molecule has 0 bridgehead atoms. The van der Waals surface area contributed by atoms with Crippen LogP contribution in [0.15, 0.2) is 24.3 Å². The van der Waals surface area contributed by atoms with Crippen molar-refractivity contribution in [2.24, 2.45) is 0 Å². The van der Waals surface area contributed by atoms with E-state index in [9.17, 15) is 4.79 Å². The van der Waals surface area contributed by atoms with Crippen LogP contribution in [0.1, 0.15) is 0 Å². The van der Waals surface area contributed by atoms with E-state index in [0.717, 1.165) is 27.6 Å². The molecule has 0 heterocycles. The molecule has 0 saturated carbocycles. The molecular weight excluding hydrogens is 432 g/mol. The Kier molecular flexibility index (Phi) is 7.10. The third-order valence-corrected chi connectivity index (χ3v) is 3.04. The molecule has 0 unspecified atom stereocenters. The SMILES string of the molecule is O=[C]Oc1ccc(N(CCI)CCI)cc1. The lowest BCUT2D eigenvalue weighted by Gasteiger charge is -2.23. The Morgan fingerprint density at radius 3 is 2.12 bits per heavy atom. The Morgan fingerprint density at radius 1 is 1.12 bits per heavy atom. The standard InChI is InChI=1S/C11H12I2NO2/c12-5-7-14(8-6-13)10-1-3-11(4-2-10)16-9-15/h1-4H,5-8H2. The van der Waals surface area contributed by atoms with E-state index < -0.39 is 0 Å². The van der Waals surface area contributed by atoms with E-state index in [1.807, 2.05) is 12.1 Å². The Bertz CT molecular complexity index is 310. The molecule has 0 spiro atoms. The minimum atomic E-state index is 0.530. The third-order valence-electron chi connectivity index (χ3n) is 2.07. The van der Waals surface area contributed by atoms with Crippen molar-refractivity contribution in [1.82, 2.24) is 0 Å². The summed E-state index contributed by atoms with van der Waals surface area (Å²) in [5, 5.41) is 0. The Hall–Kier alpha value is -0.0500. The highest BCUT2D eigenvalue weighted by Crippen LogP contribution is 2.19. The highest BCUT2D eigenvalue weighted by molar-refractivity contribution is 14.1. The normalized spacial score (nSPS) is 9.88. The van der Waals surface area contributed by atoms with Gasteiger partial charge in [-0.1, -0.05) is 45.2 Å². The number of ether oxygens (including phenoxy) is 1. The third kappa shape index (κ3) is 4.44. The lowest BCUT2D eigenvalue weighted by atomic mass is 10.2. The maximum Gasteiger partial charge on any atom is 0.423 e. The second-order valence-electron chi connectivity index (χ2n) is 3.04. The number of nitrogens with zero attached hydrogens (tertiary/aromatic N) is 1. The number of rotatable bonds is 7. The van der Waals surface area contributed by atoms with Crippen LogP contribution in [0.4, 0.5) is 5.69 Å². The molecule has 16 heavy (non-hydrogen) atoms. The molecule has 1 aromatic carbocycles. The van der Waals surface area contributed by atoms with E-state index in [1.54, 1.807) is 12.1 Å². The van der Waals surface area contributed by atoms with E-state index in [-0.39, 0.29) is 0 Å². The Morgan fingerprint density at radius 2 is 1.69 bits per heavy atom. The molecule has 87 valence electrons. The fourth-order valence-corrected chi connectivity index (χ4v) is 2.51. The van der Waals surface area contributed by atoms with Crippen molar-refractivity contribution >= 4 is 57.3 Å². The van der Waals surface area contributed by atoms with Gasteiger partial charge in [0.2, 0.25) is 0 Å². The van der Waals surface area contributed by atoms with Crippen LogP contribution in [0.25, 0.3) is 0 Å². The zero-order valence-corrected chi connectivity index (χ0v) is 13.0. The van der Waals surface area contributed by atoms with Gasteiger partial charge in [0.15, 0.2) is 0 Å². The minimum absolute atomic E-state index is 0.530. The van der Waals surface area contributed by atoms with Crippen molar-refractivity contribution in [3.63, 3.8) is 0 Å². The summed E-state index contributed by atoms with van der Waals surface area (Å²) in [5.41, 5.74) is 1.16. The first-order chi connectivity index (χ1) is 7.81. The van der Waals surface area contributed by atoms with Crippen molar-refractivity contribution < 1.29 is 9.53 Å². The summed E-state index contributed by atoms with van der Waals surface area (Å²) >= 11 is 4.74. The van der Waals surface area contributed by atoms with Gasteiger partial charge in [-0.3, -0.25) is 0 Å². The first kappa shape index (κ1) is 14.0. The van der Waals surface area contributed by atoms with Crippen LogP contribution < -0.4 is 9.64 Å². The molecule has 0 atom stereocenters. The topological polar surface area (TPSA) is 29.5 Å². The van der Waals surface area contributed by atoms with Crippen molar-refractivity contribution in [3.05, 3.63) is 24.3 Å². The summed E-state index contributed by atoms with van der Waals surface area (Å²) < 4.78 is 6.82. The van der Waals surface area contributed by atoms with Gasteiger partial charge in [-0.25, -0.2) is 4.79 Å². The smallest absolute Gasteiger partial charge is 0.418 e. The van der Waals surface area contributed by atoms with E-state index >= 15 is 0 Å². The number of hydrogen-bond acceptors (Lipinski definition) is 3. The Labute approximate surface area is 123 Å². The first-order valence-electron chi connectivity index (χ1n) is 4.82. The molecule has 3 nitrogen and oxygen atoms in total. The molecule has 5 heteroatoms. The van der Waals surface area contributed by atoms with E-state index in [1.165, 1.54) is 6.47 Å². The molecule has 0 fully saturated rings. The van der Waals surface area contributed by atoms with E-state index in [0.29, 0.717) is 5.75 Å². The van der Waals surface area contributed by atoms with Crippen LogP contribution >= 0.6 is 45.2 Å². The zero-order valence-electron chi connectivity index (χ0n) is 8.66. The van der Waals surface area contributed by atoms with Crippen molar-refractivity contribution in [1.29, 1.82) is 0 Å². The molecule has 0 aliphatic heterocycles. The van der Waals surface area contributed by atoms with Crippen molar-refractivity contribution in [2.75, 3.05) is 26.8 Å². The highest BCUT2D eigenvalue weighted by Gasteiger charge is 2.04. The maximum absolute atomic E-state index is 10.0. The second kappa shape index (κ2) is 8.10. The van der Waals surface area contributed by atoms with Gasteiger partial charge < -0.3 is 9.64 Å². The predicted molar refractivity (Wildman–Crippen MR) is 82.8 cm³/mol. The zero-order chi connectivity index (χ0) is 11.8. The molecule has 0 saturated heterocycles. The number of benzene rings is 1. The molecule has 0 aliphatic rings. The van der Waals surface area contributed by atoms with E-state index in [4.69, 9.17) is 0 Å². The first-order valence-corrected chi connectivity index (χ1v) is 7.88. The van der Waals surface area contributed by atoms with E-state index in [2.05, 4.69) is 54.8 Å². The quantitative estimate of drug-likeness (QED) is 0.479. The van der Waals surface area contributed by atoms with Crippen molar-refractivity contribution in [3.8, 4) is 5.75 Å². The van der Waals surface area contributed by atoms with Gasteiger partial charge >= 0.3 is 6.47 Å². The molecule has 0 aromatic heterocycles. The average molecular weight is 444 g/mol. The van der Waals surface area contributed by atoms with Crippen LogP contribution in [0, 0.1) is 0 Å². The van der Waals surface area contributed by atoms with Gasteiger partial charge in [0.1, 0.15) is 5.75 Å². The van der Waals surface area contributed by atoms with Gasteiger partial charge in [-0.2, -0.15) is 0 Å². The van der Waals surface area contributed by atoms with Crippen LogP contribution in [-0.2, 0) is 4.79 Å². The second-order valence-corrected chi connectivity index (χ2v) is 5.20. The lowest BCUT2D eigenvalue weighted by molar-refractivity contribution is 0.443. The largest absolute Gasteiger partial charge is 0.423 e.